The van der Waals surface area contributed by atoms with Crippen LogP contribution in [0.3, 0.4) is 0 Å². The summed E-state index contributed by atoms with van der Waals surface area (Å²) in [6.45, 7) is 6.00. The number of amides is 2. The monoisotopic (exact) mass is 500 g/mol. The highest BCUT2D eigenvalue weighted by atomic mass is 35.5. The van der Waals surface area contributed by atoms with Gasteiger partial charge in [0, 0.05) is 33.4 Å². The van der Waals surface area contributed by atoms with Crippen molar-refractivity contribution in [3.05, 3.63) is 68.7 Å². The Bertz CT molecular complexity index is 910. The van der Waals surface area contributed by atoms with Crippen molar-refractivity contribution in [2.24, 2.45) is 0 Å². The van der Waals surface area contributed by atoms with E-state index in [1.165, 1.54) is 11.8 Å². The molecule has 0 aliphatic rings. The van der Waals surface area contributed by atoms with E-state index in [1.807, 2.05) is 38.1 Å². The van der Waals surface area contributed by atoms with Gasteiger partial charge in [-0.3, -0.25) is 9.59 Å². The molecule has 0 heterocycles. The summed E-state index contributed by atoms with van der Waals surface area (Å²) in [6.07, 6.45) is 0.818. The first kappa shape index (κ1) is 25.9. The van der Waals surface area contributed by atoms with Gasteiger partial charge in [0.05, 0.1) is 5.75 Å². The average molecular weight is 502 g/mol. The van der Waals surface area contributed by atoms with Crippen LogP contribution in [0.2, 0.25) is 15.1 Å². The van der Waals surface area contributed by atoms with Crippen molar-refractivity contribution < 1.29 is 9.59 Å². The summed E-state index contributed by atoms with van der Waals surface area (Å²) in [5.74, 6) is 0.498. The van der Waals surface area contributed by atoms with Gasteiger partial charge in [-0.15, -0.1) is 11.8 Å². The maximum Gasteiger partial charge on any atom is 0.242 e. The van der Waals surface area contributed by atoms with Crippen molar-refractivity contribution >= 4 is 58.4 Å². The molecule has 31 heavy (non-hydrogen) atoms. The number of hydrogen-bond acceptors (Lipinski definition) is 3. The van der Waals surface area contributed by atoms with Crippen LogP contribution in [-0.4, -0.2) is 34.6 Å². The Balaban J connectivity index is 2.10. The molecule has 0 aromatic heterocycles. The topological polar surface area (TPSA) is 49.4 Å². The Morgan fingerprint density at radius 2 is 1.77 bits per heavy atom. The second-order valence-corrected chi connectivity index (χ2v) is 9.64. The van der Waals surface area contributed by atoms with Crippen LogP contribution in [0, 0.1) is 0 Å². The molecule has 4 nitrogen and oxygen atoms in total. The van der Waals surface area contributed by atoms with Gasteiger partial charge in [0.25, 0.3) is 0 Å². The third kappa shape index (κ3) is 8.23. The number of rotatable bonds is 10. The summed E-state index contributed by atoms with van der Waals surface area (Å²) in [4.78, 5) is 27.4. The molecular weight excluding hydrogens is 475 g/mol. The van der Waals surface area contributed by atoms with Gasteiger partial charge < -0.3 is 10.2 Å². The van der Waals surface area contributed by atoms with Crippen LogP contribution in [0.5, 0.6) is 0 Å². The lowest BCUT2D eigenvalue weighted by atomic mass is 10.1. The quantitative estimate of drug-likeness (QED) is 0.421. The molecule has 0 fully saturated rings. The Labute approximate surface area is 203 Å². The Hall–Kier alpha value is -1.40. The lowest BCUT2D eigenvalue weighted by Gasteiger charge is -2.29. The molecule has 2 amide bonds. The molecule has 0 aliphatic carbocycles. The highest BCUT2D eigenvalue weighted by Crippen LogP contribution is 2.25. The number of benzene rings is 2. The van der Waals surface area contributed by atoms with Crippen LogP contribution >= 0.6 is 46.6 Å². The first-order chi connectivity index (χ1) is 14.7. The highest BCUT2D eigenvalue weighted by molar-refractivity contribution is 7.99. The summed E-state index contributed by atoms with van der Waals surface area (Å²) in [5.41, 5.74) is 1.78. The van der Waals surface area contributed by atoms with Crippen LogP contribution in [0.4, 0.5) is 0 Å². The molecule has 2 atom stereocenters. The average Bonchev–Trinajstić information content (AvgIpc) is 2.72. The molecule has 0 unspecified atom stereocenters. The van der Waals surface area contributed by atoms with Gasteiger partial charge in [-0.1, -0.05) is 59.9 Å². The smallest absolute Gasteiger partial charge is 0.242 e. The summed E-state index contributed by atoms with van der Waals surface area (Å²) < 4.78 is 0. The Morgan fingerprint density at radius 3 is 2.42 bits per heavy atom. The summed E-state index contributed by atoms with van der Waals surface area (Å²) in [6, 6.07) is 12.1. The number of nitrogens with zero attached hydrogens (tertiary/aromatic N) is 1. The van der Waals surface area contributed by atoms with E-state index in [0.717, 1.165) is 17.5 Å². The molecule has 0 saturated heterocycles. The number of thioether (sulfide) groups is 1. The highest BCUT2D eigenvalue weighted by Gasteiger charge is 2.26. The number of carbonyl (C=O) groups excluding carboxylic acids is 2. The minimum atomic E-state index is -0.611. The van der Waals surface area contributed by atoms with Crippen LogP contribution in [0.25, 0.3) is 0 Å². The van der Waals surface area contributed by atoms with Gasteiger partial charge in [-0.25, -0.2) is 0 Å². The molecule has 0 bridgehead atoms. The van der Waals surface area contributed by atoms with E-state index in [-0.39, 0.29) is 23.6 Å². The molecule has 2 aromatic carbocycles. The first-order valence-corrected chi connectivity index (χ1v) is 12.4. The fourth-order valence-corrected chi connectivity index (χ4v) is 4.53. The zero-order chi connectivity index (χ0) is 23.0. The predicted octanol–water partition coefficient (Wildman–Crippen LogP) is 6.21. The third-order valence-electron chi connectivity index (χ3n) is 4.91. The predicted molar refractivity (Wildman–Crippen MR) is 132 cm³/mol. The van der Waals surface area contributed by atoms with Crippen LogP contribution in [0.15, 0.2) is 42.5 Å². The lowest BCUT2D eigenvalue weighted by molar-refractivity contribution is -0.138. The fraction of sp³-hybridized carbons (Fsp3) is 0.391. The van der Waals surface area contributed by atoms with Crippen LogP contribution in [-0.2, 0) is 21.9 Å². The third-order valence-corrected chi connectivity index (χ3v) is 6.70. The molecule has 1 N–H and O–H groups in total. The van der Waals surface area contributed by atoms with Gasteiger partial charge in [0.15, 0.2) is 0 Å². The number of halogens is 3. The van der Waals surface area contributed by atoms with Gasteiger partial charge in [0.2, 0.25) is 11.8 Å². The molecule has 8 heteroatoms. The van der Waals surface area contributed by atoms with Gasteiger partial charge in [-0.05, 0) is 55.7 Å². The second-order valence-electron chi connectivity index (χ2n) is 7.37. The summed E-state index contributed by atoms with van der Waals surface area (Å²) >= 11 is 19.7. The van der Waals surface area contributed by atoms with Crippen molar-refractivity contribution in [1.29, 1.82) is 0 Å². The lowest BCUT2D eigenvalue weighted by Crippen LogP contribution is -2.50. The first-order valence-electron chi connectivity index (χ1n) is 10.1. The van der Waals surface area contributed by atoms with E-state index in [2.05, 4.69) is 5.32 Å². The summed E-state index contributed by atoms with van der Waals surface area (Å²) in [7, 11) is 0. The molecule has 0 saturated carbocycles. The zero-order valence-corrected chi connectivity index (χ0v) is 20.9. The van der Waals surface area contributed by atoms with Crippen molar-refractivity contribution in [2.75, 3.05) is 5.75 Å². The standard InChI is InChI=1S/C23H27Cl3N2O2S/c1-4-15(2)27-23(30)16(3)28(12-17-6-5-7-19(24)10-17)22(29)14-31-13-18-8-9-20(25)11-21(18)26/h5-11,15-16H,4,12-14H2,1-3H3,(H,27,30)/t15-,16+/m0/s1. The minimum absolute atomic E-state index is 0.0412. The van der Waals surface area contributed by atoms with Crippen LogP contribution in [0.1, 0.15) is 38.3 Å². The minimum Gasteiger partial charge on any atom is -0.352 e. The molecule has 168 valence electrons. The largest absolute Gasteiger partial charge is 0.352 e. The van der Waals surface area contributed by atoms with Gasteiger partial charge >= 0.3 is 0 Å². The van der Waals surface area contributed by atoms with E-state index < -0.39 is 6.04 Å². The molecular formula is C23H27Cl3N2O2S. The second kappa shape index (κ2) is 12.6. The molecule has 2 aromatic rings. The maximum atomic E-state index is 13.1. The molecule has 0 aliphatic heterocycles. The normalized spacial score (nSPS) is 12.8. The van der Waals surface area contributed by atoms with Crippen molar-refractivity contribution in [2.45, 2.75) is 51.6 Å². The van der Waals surface area contributed by atoms with E-state index in [1.54, 1.807) is 30.0 Å². The van der Waals surface area contributed by atoms with Gasteiger partial charge in [-0.2, -0.15) is 0 Å². The maximum absolute atomic E-state index is 13.1. The Kier molecular flexibility index (Phi) is 10.5. The Morgan fingerprint density at radius 1 is 1.06 bits per heavy atom. The van der Waals surface area contributed by atoms with E-state index in [9.17, 15) is 9.59 Å². The van der Waals surface area contributed by atoms with E-state index >= 15 is 0 Å². The van der Waals surface area contributed by atoms with Crippen molar-refractivity contribution in [1.82, 2.24) is 10.2 Å². The molecule has 0 spiro atoms. The van der Waals surface area contributed by atoms with Crippen LogP contribution < -0.4 is 5.32 Å². The molecule has 2 rings (SSSR count). The fourth-order valence-electron chi connectivity index (χ4n) is 2.85. The van der Waals surface area contributed by atoms with E-state index in [0.29, 0.717) is 27.4 Å². The van der Waals surface area contributed by atoms with Crippen molar-refractivity contribution in [3.63, 3.8) is 0 Å². The van der Waals surface area contributed by atoms with Gasteiger partial charge in [0.1, 0.15) is 6.04 Å². The SMILES string of the molecule is CC[C@H](C)NC(=O)[C@@H](C)N(Cc1cccc(Cl)c1)C(=O)CSCc1ccc(Cl)cc1Cl. The number of hydrogen-bond donors (Lipinski definition) is 1. The summed E-state index contributed by atoms with van der Waals surface area (Å²) in [5, 5.41) is 4.70. The zero-order valence-electron chi connectivity index (χ0n) is 17.8. The van der Waals surface area contributed by atoms with E-state index in [4.69, 9.17) is 34.8 Å². The molecule has 0 radical (unpaired) electrons. The number of carbonyl (C=O) groups is 2. The number of nitrogens with one attached hydrogen (secondary N) is 1. The van der Waals surface area contributed by atoms with Crippen molar-refractivity contribution in [3.8, 4) is 0 Å².